The highest BCUT2D eigenvalue weighted by Gasteiger charge is 2.22. The Balaban J connectivity index is 2.19. The van der Waals surface area contributed by atoms with Crippen LogP contribution in [0.25, 0.3) is 0 Å². The van der Waals surface area contributed by atoms with Gasteiger partial charge in [-0.05, 0) is 43.6 Å². The Labute approximate surface area is 88.9 Å². The lowest BCUT2D eigenvalue weighted by Crippen LogP contribution is -2.24. The number of nitriles is 1. The van der Waals surface area contributed by atoms with E-state index in [-0.39, 0.29) is 11.9 Å². The summed E-state index contributed by atoms with van der Waals surface area (Å²) in [7, 11) is 0. The maximum absolute atomic E-state index is 12.7. The molecule has 78 valence electrons. The first-order chi connectivity index (χ1) is 7.31. The lowest BCUT2D eigenvalue weighted by atomic mass is 10.1. The number of hydrogen-bond donors (Lipinski definition) is 0. The van der Waals surface area contributed by atoms with E-state index in [9.17, 15) is 4.39 Å². The second-order valence-corrected chi connectivity index (χ2v) is 3.83. The molecule has 1 aromatic rings. The van der Waals surface area contributed by atoms with Crippen LogP contribution in [-0.2, 0) is 0 Å². The van der Waals surface area contributed by atoms with Gasteiger partial charge in [0.1, 0.15) is 11.9 Å². The third-order valence-electron chi connectivity index (χ3n) is 2.81. The molecule has 0 aliphatic carbocycles. The number of rotatable bonds is 2. The van der Waals surface area contributed by atoms with Gasteiger partial charge in [-0.3, -0.25) is 4.90 Å². The molecule has 1 saturated heterocycles. The average Bonchev–Trinajstić information content (AvgIpc) is 2.75. The smallest absolute Gasteiger partial charge is 0.123 e. The van der Waals surface area contributed by atoms with E-state index in [2.05, 4.69) is 11.0 Å². The van der Waals surface area contributed by atoms with Crippen LogP contribution in [0.5, 0.6) is 0 Å². The molecule has 1 aliphatic heterocycles. The first-order valence-corrected chi connectivity index (χ1v) is 5.20. The molecule has 0 unspecified atom stereocenters. The molecule has 2 nitrogen and oxygen atoms in total. The van der Waals surface area contributed by atoms with Gasteiger partial charge in [-0.1, -0.05) is 12.1 Å². The zero-order valence-corrected chi connectivity index (χ0v) is 8.49. The molecule has 1 aromatic carbocycles. The number of hydrogen-bond acceptors (Lipinski definition) is 2. The van der Waals surface area contributed by atoms with Crippen molar-refractivity contribution in [1.82, 2.24) is 4.90 Å². The summed E-state index contributed by atoms with van der Waals surface area (Å²) in [5.41, 5.74) is 0.890. The molecule has 0 N–H and O–H groups in total. The van der Waals surface area contributed by atoms with Gasteiger partial charge in [-0.25, -0.2) is 4.39 Å². The van der Waals surface area contributed by atoms with Crippen molar-refractivity contribution < 1.29 is 4.39 Å². The zero-order chi connectivity index (χ0) is 10.7. The van der Waals surface area contributed by atoms with Gasteiger partial charge < -0.3 is 0 Å². The fourth-order valence-corrected chi connectivity index (χ4v) is 2.01. The summed E-state index contributed by atoms with van der Waals surface area (Å²) >= 11 is 0. The molecule has 3 heteroatoms. The van der Waals surface area contributed by atoms with Crippen LogP contribution in [0.1, 0.15) is 24.4 Å². The standard InChI is InChI=1S/C12H13FN2/c13-11-5-3-10(4-6-11)12(9-14)15-7-1-2-8-15/h3-6,12H,1-2,7-8H2/t12-/m1/s1. The molecule has 15 heavy (non-hydrogen) atoms. The zero-order valence-electron chi connectivity index (χ0n) is 8.49. The van der Waals surface area contributed by atoms with E-state index in [4.69, 9.17) is 5.26 Å². The highest BCUT2D eigenvalue weighted by atomic mass is 19.1. The Kier molecular flexibility index (Phi) is 2.98. The molecule has 1 atom stereocenters. The number of halogens is 1. The van der Waals surface area contributed by atoms with Crippen molar-refractivity contribution in [3.8, 4) is 6.07 Å². The van der Waals surface area contributed by atoms with Crippen molar-refractivity contribution >= 4 is 0 Å². The highest BCUT2D eigenvalue weighted by molar-refractivity contribution is 5.24. The lowest BCUT2D eigenvalue weighted by Gasteiger charge is -2.21. The Morgan fingerprint density at radius 1 is 1.20 bits per heavy atom. The monoisotopic (exact) mass is 204 g/mol. The van der Waals surface area contributed by atoms with Gasteiger partial charge in [-0.2, -0.15) is 5.26 Å². The molecule has 0 saturated carbocycles. The van der Waals surface area contributed by atoms with E-state index < -0.39 is 0 Å². The van der Waals surface area contributed by atoms with Crippen LogP contribution in [0.3, 0.4) is 0 Å². The van der Waals surface area contributed by atoms with Crippen molar-refractivity contribution in [2.24, 2.45) is 0 Å². The van der Waals surface area contributed by atoms with Gasteiger partial charge >= 0.3 is 0 Å². The molecule has 0 spiro atoms. The van der Waals surface area contributed by atoms with E-state index in [0.717, 1.165) is 31.5 Å². The van der Waals surface area contributed by atoms with Gasteiger partial charge in [-0.15, -0.1) is 0 Å². The molecule has 2 rings (SSSR count). The lowest BCUT2D eigenvalue weighted by molar-refractivity contribution is 0.294. The first-order valence-electron chi connectivity index (χ1n) is 5.20. The van der Waals surface area contributed by atoms with Crippen molar-refractivity contribution in [2.75, 3.05) is 13.1 Å². The largest absolute Gasteiger partial charge is 0.284 e. The van der Waals surface area contributed by atoms with Crippen LogP contribution >= 0.6 is 0 Å². The summed E-state index contributed by atoms with van der Waals surface area (Å²) in [6.45, 7) is 1.94. The van der Waals surface area contributed by atoms with E-state index in [1.807, 2.05) is 0 Å². The highest BCUT2D eigenvalue weighted by Crippen LogP contribution is 2.24. The van der Waals surface area contributed by atoms with Crippen LogP contribution in [0.2, 0.25) is 0 Å². The van der Waals surface area contributed by atoms with Crippen LogP contribution in [0.4, 0.5) is 4.39 Å². The average molecular weight is 204 g/mol. The normalized spacial score (nSPS) is 18.7. The van der Waals surface area contributed by atoms with E-state index in [1.54, 1.807) is 12.1 Å². The van der Waals surface area contributed by atoms with Gasteiger partial charge in [0.15, 0.2) is 0 Å². The van der Waals surface area contributed by atoms with Crippen molar-refractivity contribution in [3.63, 3.8) is 0 Å². The minimum Gasteiger partial charge on any atom is -0.284 e. The molecule has 1 heterocycles. The topological polar surface area (TPSA) is 27.0 Å². The summed E-state index contributed by atoms with van der Waals surface area (Å²) < 4.78 is 12.7. The third kappa shape index (κ3) is 2.16. The maximum atomic E-state index is 12.7. The van der Waals surface area contributed by atoms with Gasteiger partial charge in [0.25, 0.3) is 0 Å². The van der Waals surface area contributed by atoms with Crippen molar-refractivity contribution in [3.05, 3.63) is 35.6 Å². The molecule has 0 bridgehead atoms. The number of benzene rings is 1. The Bertz CT molecular complexity index is 360. The molecule has 0 radical (unpaired) electrons. The van der Waals surface area contributed by atoms with E-state index in [1.165, 1.54) is 12.1 Å². The predicted molar refractivity (Wildman–Crippen MR) is 55.6 cm³/mol. The summed E-state index contributed by atoms with van der Waals surface area (Å²) in [6, 6.07) is 8.29. The molecular weight excluding hydrogens is 191 g/mol. The van der Waals surface area contributed by atoms with Gasteiger partial charge in [0, 0.05) is 0 Å². The molecule has 1 fully saturated rings. The van der Waals surface area contributed by atoms with Crippen LogP contribution < -0.4 is 0 Å². The van der Waals surface area contributed by atoms with Crippen molar-refractivity contribution in [1.29, 1.82) is 5.26 Å². The number of nitrogens with zero attached hydrogens (tertiary/aromatic N) is 2. The summed E-state index contributed by atoms with van der Waals surface area (Å²) in [5.74, 6) is -0.253. The molecule has 1 aliphatic rings. The molecular formula is C12H13FN2. The van der Waals surface area contributed by atoms with Gasteiger partial charge in [0.2, 0.25) is 0 Å². The van der Waals surface area contributed by atoms with Crippen LogP contribution in [0.15, 0.2) is 24.3 Å². The van der Waals surface area contributed by atoms with Crippen LogP contribution in [0, 0.1) is 17.1 Å². The summed E-state index contributed by atoms with van der Waals surface area (Å²) in [4.78, 5) is 2.15. The SMILES string of the molecule is N#C[C@H](c1ccc(F)cc1)N1CCCC1. The molecule has 0 amide bonds. The Hall–Kier alpha value is -1.40. The van der Waals surface area contributed by atoms with Crippen LogP contribution in [-0.4, -0.2) is 18.0 Å². The number of likely N-dealkylation sites (tertiary alicyclic amines) is 1. The summed E-state index contributed by atoms with van der Waals surface area (Å²) in [5, 5.41) is 9.12. The van der Waals surface area contributed by atoms with E-state index >= 15 is 0 Å². The fraction of sp³-hybridized carbons (Fsp3) is 0.417. The third-order valence-corrected chi connectivity index (χ3v) is 2.81. The predicted octanol–water partition coefficient (Wildman–Crippen LogP) is 2.49. The first kappa shape index (κ1) is 10.1. The minimum absolute atomic E-state index is 0.215. The summed E-state index contributed by atoms with van der Waals surface area (Å²) in [6.07, 6.45) is 2.30. The quantitative estimate of drug-likeness (QED) is 0.740. The second-order valence-electron chi connectivity index (χ2n) is 3.83. The maximum Gasteiger partial charge on any atom is 0.123 e. The fourth-order valence-electron chi connectivity index (χ4n) is 2.01. The van der Waals surface area contributed by atoms with E-state index in [0.29, 0.717) is 0 Å². The Morgan fingerprint density at radius 3 is 2.33 bits per heavy atom. The Morgan fingerprint density at radius 2 is 1.80 bits per heavy atom. The van der Waals surface area contributed by atoms with Crippen molar-refractivity contribution in [2.45, 2.75) is 18.9 Å². The second kappa shape index (κ2) is 4.41. The minimum atomic E-state index is -0.253. The van der Waals surface area contributed by atoms with Gasteiger partial charge in [0.05, 0.1) is 6.07 Å². The molecule has 0 aromatic heterocycles.